The van der Waals surface area contributed by atoms with E-state index in [1.54, 1.807) is 13.8 Å². The van der Waals surface area contributed by atoms with Gasteiger partial charge in [0.15, 0.2) is 0 Å². The van der Waals surface area contributed by atoms with Crippen LogP contribution in [-0.2, 0) is 4.79 Å². The summed E-state index contributed by atoms with van der Waals surface area (Å²) in [5.74, 6) is -0.803. The number of carbonyl (C=O) groups is 1. The molecule has 0 aliphatic heterocycles. The van der Waals surface area contributed by atoms with Gasteiger partial charge >= 0.3 is 5.97 Å². The van der Waals surface area contributed by atoms with E-state index in [2.05, 4.69) is 33.8 Å². The number of carboxylic acid groups (broad SMARTS) is 1. The summed E-state index contributed by atoms with van der Waals surface area (Å²) < 4.78 is 0. The van der Waals surface area contributed by atoms with Gasteiger partial charge in [0.1, 0.15) is 0 Å². The molecule has 3 nitrogen and oxygen atoms in total. The number of nitrogens with two attached hydrogens (primary N) is 1. The molecular formula is C16H25NO2. The molecule has 0 aliphatic rings. The van der Waals surface area contributed by atoms with Crippen LogP contribution in [0.3, 0.4) is 0 Å². The minimum Gasteiger partial charge on any atom is -0.481 e. The van der Waals surface area contributed by atoms with Gasteiger partial charge in [-0.2, -0.15) is 0 Å². The smallest absolute Gasteiger partial charge is 0.309 e. The van der Waals surface area contributed by atoms with Gasteiger partial charge in [0, 0.05) is 6.04 Å². The van der Waals surface area contributed by atoms with Gasteiger partial charge in [-0.25, -0.2) is 0 Å². The highest BCUT2D eigenvalue weighted by molar-refractivity contribution is 5.73. The third-order valence-electron chi connectivity index (χ3n) is 4.10. The van der Waals surface area contributed by atoms with E-state index in [0.717, 1.165) is 5.56 Å². The molecule has 0 aromatic heterocycles. The first-order valence-corrected chi connectivity index (χ1v) is 6.64. The van der Waals surface area contributed by atoms with Crippen molar-refractivity contribution in [2.75, 3.05) is 0 Å². The van der Waals surface area contributed by atoms with E-state index < -0.39 is 11.4 Å². The molecule has 1 atom stereocenters. The lowest BCUT2D eigenvalue weighted by Gasteiger charge is -2.27. The molecule has 1 aromatic rings. The highest BCUT2D eigenvalue weighted by atomic mass is 16.4. The van der Waals surface area contributed by atoms with Gasteiger partial charge in [-0.15, -0.1) is 0 Å². The fourth-order valence-corrected chi connectivity index (χ4v) is 2.54. The summed E-state index contributed by atoms with van der Waals surface area (Å²) in [6, 6.07) is 1.91. The summed E-state index contributed by atoms with van der Waals surface area (Å²) in [4.78, 5) is 11.2. The number of benzene rings is 1. The maximum Gasteiger partial charge on any atom is 0.309 e. The zero-order valence-electron chi connectivity index (χ0n) is 12.8. The average Bonchev–Trinajstić information content (AvgIpc) is 2.25. The molecule has 0 saturated heterocycles. The van der Waals surface area contributed by atoms with Crippen LogP contribution < -0.4 is 5.73 Å². The third kappa shape index (κ3) is 3.16. The SMILES string of the molecule is Cc1cc(C)c(C)c(C(N)CC(C)(C)C(=O)O)c1C. The molecule has 0 amide bonds. The second kappa shape index (κ2) is 5.33. The van der Waals surface area contributed by atoms with E-state index in [-0.39, 0.29) is 6.04 Å². The Kier molecular flexibility index (Phi) is 4.41. The van der Waals surface area contributed by atoms with Crippen molar-refractivity contribution in [1.29, 1.82) is 0 Å². The maximum absolute atomic E-state index is 11.2. The van der Waals surface area contributed by atoms with Crippen molar-refractivity contribution in [3.8, 4) is 0 Å². The van der Waals surface area contributed by atoms with Crippen LogP contribution in [-0.4, -0.2) is 11.1 Å². The average molecular weight is 263 g/mol. The molecule has 0 bridgehead atoms. The molecule has 1 rings (SSSR count). The molecule has 3 heteroatoms. The predicted molar refractivity (Wildman–Crippen MR) is 78.4 cm³/mol. The Morgan fingerprint density at radius 3 is 2.00 bits per heavy atom. The molecule has 19 heavy (non-hydrogen) atoms. The molecule has 0 aliphatic carbocycles. The number of carboxylic acids is 1. The van der Waals surface area contributed by atoms with Gasteiger partial charge < -0.3 is 10.8 Å². The summed E-state index contributed by atoms with van der Waals surface area (Å²) in [5, 5.41) is 9.23. The number of rotatable bonds is 4. The van der Waals surface area contributed by atoms with E-state index in [1.165, 1.54) is 22.3 Å². The maximum atomic E-state index is 11.2. The van der Waals surface area contributed by atoms with Gasteiger partial charge in [0.25, 0.3) is 0 Å². The summed E-state index contributed by atoms with van der Waals surface area (Å²) in [5.41, 5.74) is 11.4. The molecule has 106 valence electrons. The lowest BCUT2D eigenvalue weighted by molar-refractivity contribution is -0.147. The Bertz CT molecular complexity index is 478. The lowest BCUT2D eigenvalue weighted by atomic mass is 9.80. The minimum absolute atomic E-state index is 0.246. The van der Waals surface area contributed by atoms with Gasteiger partial charge in [0.05, 0.1) is 5.41 Å². The van der Waals surface area contributed by atoms with Crippen LogP contribution >= 0.6 is 0 Å². The Labute approximate surface area is 115 Å². The number of hydrogen-bond donors (Lipinski definition) is 2. The molecule has 0 heterocycles. The molecular weight excluding hydrogens is 238 g/mol. The summed E-state index contributed by atoms with van der Waals surface area (Å²) in [6.07, 6.45) is 0.437. The van der Waals surface area contributed by atoms with Crippen molar-refractivity contribution in [3.63, 3.8) is 0 Å². The van der Waals surface area contributed by atoms with Gasteiger partial charge in [-0.3, -0.25) is 4.79 Å². The molecule has 0 fully saturated rings. The Morgan fingerprint density at radius 1 is 1.21 bits per heavy atom. The third-order valence-corrected chi connectivity index (χ3v) is 4.10. The monoisotopic (exact) mass is 263 g/mol. The second-order valence-corrected chi connectivity index (χ2v) is 6.17. The van der Waals surface area contributed by atoms with Gasteiger partial charge in [-0.05, 0) is 75.8 Å². The van der Waals surface area contributed by atoms with Crippen molar-refractivity contribution < 1.29 is 9.90 Å². The molecule has 0 spiro atoms. The standard InChI is InChI=1S/C16H25NO2/c1-9-7-10(2)12(4)14(11(9)3)13(17)8-16(5,6)15(18)19/h7,13H,8,17H2,1-6H3,(H,18,19). The molecule has 1 unspecified atom stereocenters. The van der Waals surface area contributed by atoms with E-state index in [1.807, 2.05) is 0 Å². The molecule has 0 radical (unpaired) electrons. The lowest BCUT2D eigenvalue weighted by Crippen LogP contribution is -2.29. The van der Waals surface area contributed by atoms with E-state index >= 15 is 0 Å². The summed E-state index contributed by atoms with van der Waals surface area (Å²) in [6.45, 7) is 11.7. The topological polar surface area (TPSA) is 63.3 Å². The predicted octanol–water partition coefficient (Wildman–Crippen LogP) is 3.42. The fourth-order valence-electron chi connectivity index (χ4n) is 2.54. The van der Waals surface area contributed by atoms with Crippen LogP contribution in [0.4, 0.5) is 0 Å². The summed E-state index contributed by atoms with van der Waals surface area (Å²) >= 11 is 0. The Balaban J connectivity index is 3.21. The minimum atomic E-state index is -0.810. The zero-order chi connectivity index (χ0) is 15.0. The van der Waals surface area contributed by atoms with E-state index in [4.69, 9.17) is 5.73 Å². The van der Waals surface area contributed by atoms with Crippen molar-refractivity contribution in [3.05, 3.63) is 33.9 Å². The van der Waals surface area contributed by atoms with Crippen LogP contribution in [0.15, 0.2) is 6.07 Å². The highest BCUT2D eigenvalue weighted by Gasteiger charge is 2.31. The number of aliphatic carboxylic acids is 1. The second-order valence-electron chi connectivity index (χ2n) is 6.17. The van der Waals surface area contributed by atoms with Crippen LogP contribution in [0, 0.1) is 33.1 Å². The van der Waals surface area contributed by atoms with Crippen molar-refractivity contribution in [2.45, 2.75) is 54.0 Å². The van der Waals surface area contributed by atoms with Gasteiger partial charge in [-0.1, -0.05) is 6.07 Å². The van der Waals surface area contributed by atoms with Crippen molar-refractivity contribution in [2.24, 2.45) is 11.1 Å². The normalized spacial score (nSPS) is 13.4. The van der Waals surface area contributed by atoms with E-state index in [0.29, 0.717) is 6.42 Å². The van der Waals surface area contributed by atoms with Crippen LogP contribution in [0.1, 0.15) is 54.1 Å². The molecule has 0 saturated carbocycles. The largest absolute Gasteiger partial charge is 0.481 e. The number of aryl methyl sites for hydroxylation is 2. The first kappa shape index (κ1) is 15.7. The Morgan fingerprint density at radius 2 is 1.63 bits per heavy atom. The Hall–Kier alpha value is -1.35. The van der Waals surface area contributed by atoms with Crippen molar-refractivity contribution >= 4 is 5.97 Å². The first-order chi connectivity index (χ1) is 8.58. The van der Waals surface area contributed by atoms with Gasteiger partial charge in [0.2, 0.25) is 0 Å². The first-order valence-electron chi connectivity index (χ1n) is 6.64. The highest BCUT2D eigenvalue weighted by Crippen LogP contribution is 2.33. The van der Waals surface area contributed by atoms with Crippen LogP contribution in [0.5, 0.6) is 0 Å². The van der Waals surface area contributed by atoms with Crippen LogP contribution in [0.2, 0.25) is 0 Å². The molecule has 1 aromatic carbocycles. The van der Waals surface area contributed by atoms with E-state index in [9.17, 15) is 9.90 Å². The molecule has 3 N–H and O–H groups in total. The van der Waals surface area contributed by atoms with Crippen LogP contribution in [0.25, 0.3) is 0 Å². The summed E-state index contributed by atoms with van der Waals surface area (Å²) in [7, 11) is 0. The fraction of sp³-hybridized carbons (Fsp3) is 0.562. The zero-order valence-corrected chi connectivity index (χ0v) is 12.8. The number of hydrogen-bond acceptors (Lipinski definition) is 2. The van der Waals surface area contributed by atoms with Crippen molar-refractivity contribution in [1.82, 2.24) is 0 Å². The quantitative estimate of drug-likeness (QED) is 0.875.